The van der Waals surface area contributed by atoms with E-state index >= 15 is 0 Å². The van der Waals surface area contributed by atoms with E-state index in [-0.39, 0.29) is 0 Å². The second-order valence-corrected chi connectivity index (χ2v) is 5.98. The van der Waals surface area contributed by atoms with E-state index in [2.05, 4.69) is 16.8 Å². The average molecular weight is 319 g/mol. The maximum atomic E-state index is 6.12. The fourth-order valence-corrected chi connectivity index (χ4v) is 2.91. The molecule has 3 rings (SSSR count). The number of fused-ring (bicyclic) bond motifs is 1. The number of hydrogen-bond donors (Lipinski definition) is 1. The third kappa shape index (κ3) is 3.08. The zero-order valence-electron chi connectivity index (χ0n) is 11.5. The van der Waals surface area contributed by atoms with Gasteiger partial charge in [0.1, 0.15) is 0 Å². The first-order valence-corrected chi connectivity index (χ1v) is 7.65. The maximum Gasteiger partial charge on any atom is 0.0487 e. The Morgan fingerprint density at radius 1 is 0.952 bits per heavy atom. The molecule has 0 saturated heterocycles. The van der Waals surface area contributed by atoms with E-state index in [1.165, 1.54) is 22.0 Å². The molecule has 0 aliphatic rings. The normalized spacial score (nSPS) is 11.2. The van der Waals surface area contributed by atoms with Crippen LogP contribution in [-0.2, 0) is 13.0 Å². The maximum absolute atomic E-state index is 6.12. The third-order valence-corrected chi connectivity index (χ3v) is 4.09. The highest BCUT2D eigenvalue weighted by Gasteiger charge is 2.09. The van der Waals surface area contributed by atoms with Gasteiger partial charge in [0, 0.05) is 33.7 Å². The predicted molar refractivity (Wildman–Crippen MR) is 90.3 cm³/mol. The van der Waals surface area contributed by atoms with Gasteiger partial charge in [-0.05, 0) is 54.4 Å². The molecule has 1 aromatic heterocycles. The summed E-state index contributed by atoms with van der Waals surface area (Å²) in [7, 11) is 0. The molecule has 0 aliphatic carbocycles. The van der Waals surface area contributed by atoms with Crippen molar-refractivity contribution in [3.8, 4) is 0 Å². The average Bonchev–Trinajstić information content (AvgIpc) is 2.79. The van der Waals surface area contributed by atoms with E-state index in [4.69, 9.17) is 28.9 Å². The highest BCUT2D eigenvalue weighted by Crippen LogP contribution is 2.26. The Labute approximate surface area is 134 Å². The summed E-state index contributed by atoms with van der Waals surface area (Å²) in [6.07, 6.45) is 3.02. The fraction of sp³-hybridized carbons (Fsp3) is 0.176. The van der Waals surface area contributed by atoms with E-state index in [1.807, 2.05) is 36.4 Å². The van der Waals surface area contributed by atoms with Crippen LogP contribution in [0.5, 0.6) is 0 Å². The molecule has 108 valence electrons. The number of nitrogens with two attached hydrogens (primary N) is 1. The highest BCUT2D eigenvalue weighted by atomic mass is 35.5. The second-order valence-electron chi connectivity index (χ2n) is 5.11. The van der Waals surface area contributed by atoms with Gasteiger partial charge >= 0.3 is 0 Å². The monoisotopic (exact) mass is 318 g/mol. The van der Waals surface area contributed by atoms with Crippen molar-refractivity contribution in [1.82, 2.24) is 4.57 Å². The van der Waals surface area contributed by atoms with Crippen LogP contribution >= 0.6 is 23.2 Å². The Hall–Kier alpha value is -1.48. The fourth-order valence-electron chi connectivity index (χ4n) is 2.62. The molecule has 21 heavy (non-hydrogen) atoms. The zero-order chi connectivity index (χ0) is 14.8. The quantitative estimate of drug-likeness (QED) is 0.754. The van der Waals surface area contributed by atoms with Gasteiger partial charge in [0.15, 0.2) is 0 Å². The highest BCUT2D eigenvalue weighted by molar-refractivity contribution is 6.31. The SMILES string of the molecule is NCCc1cn(Cc2ccc(Cl)cc2)c2ccc(Cl)cc12. The van der Waals surface area contributed by atoms with Crippen LogP contribution in [0.4, 0.5) is 0 Å². The van der Waals surface area contributed by atoms with Gasteiger partial charge in [-0.25, -0.2) is 0 Å². The van der Waals surface area contributed by atoms with Crippen LogP contribution in [0.2, 0.25) is 10.0 Å². The Morgan fingerprint density at radius 2 is 1.67 bits per heavy atom. The molecule has 0 spiro atoms. The summed E-state index contributed by atoms with van der Waals surface area (Å²) >= 11 is 12.1. The molecule has 0 amide bonds. The topological polar surface area (TPSA) is 30.9 Å². The third-order valence-electron chi connectivity index (χ3n) is 3.61. The predicted octanol–water partition coefficient (Wildman–Crippen LogP) is 4.50. The summed E-state index contributed by atoms with van der Waals surface area (Å²) in [5.74, 6) is 0. The largest absolute Gasteiger partial charge is 0.343 e. The number of aromatic nitrogens is 1. The smallest absolute Gasteiger partial charge is 0.0487 e. The molecule has 0 saturated carbocycles. The molecule has 2 aromatic carbocycles. The van der Waals surface area contributed by atoms with Crippen molar-refractivity contribution in [2.75, 3.05) is 6.54 Å². The van der Waals surface area contributed by atoms with E-state index in [0.717, 1.165) is 23.0 Å². The second kappa shape index (κ2) is 6.10. The molecule has 0 radical (unpaired) electrons. The molecule has 0 bridgehead atoms. The number of nitrogens with zero attached hydrogens (tertiary/aromatic N) is 1. The molecule has 0 fully saturated rings. The van der Waals surface area contributed by atoms with Crippen molar-refractivity contribution in [1.29, 1.82) is 0 Å². The van der Waals surface area contributed by atoms with Crippen LogP contribution < -0.4 is 5.73 Å². The van der Waals surface area contributed by atoms with Crippen LogP contribution in [0, 0.1) is 0 Å². The van der Waals surface area contributed by atoms with Crippen LogP contribution in [0.25, 0.3) is 10.9 Å². The van der Waals surface area contributed by atoms with Crippen LogP contribution in [0.1, 0.15) is 11.1 Å². The number of halogens is 2. The molecular weight excluding hydrogens is 303 g/mol. The van der Waals surface area contributed by atoms with Crippen molar-refractivity contribution < 1.29 is 0 Å². The lowest BCUT2D eigenvalue weighted by Crippen LogP contribution is -2.02. The lowest BCUT2D eigenvalue weighted by Gasteiger charge is -2.06. The van der Waals surface area contributed by atoms with Crippen molar-refractivity contribution in [2.45, 2.75) is 13.0 Å². The first kappa shape index (κ1) is 14.5. The Bertz CT molecular complexity index is 760. The van der Waals surface area contributed by atoms with E-state index in [0.29, 0.717) is 6.54 Å². The Kier molecular flexibility index (Phi) is 4.20. The van der Waals surface area contributed by atoms with Crippen LogP contribution in [0.3, 0.4) is 0 Å². The van der Waals surface area contributed by atoms with Gasteiger partial charge in [-0.1, -0.05) is 35.3 Å². The summed E-state index contributed by atoms with van der Waals surface area (Å²) in [5.41, 5.74) is 9.34. The Balaban J connectivity index is 2.03. The van der Waals surface area contributed by atoms with Crippen molar-refractivity contribution >= 4 is 34.1 Å². The molecular formula is C17H16Cl2N2. The summed E-state index contributed by atoms with van der Waals surface area (Å²) in [5, 5.41) is 2.69. The van der Waals surface area contributed by atoms with Gasteiger partial charge in [0.2, 0.25) is 0 Å². The molecule has 4 heteroatoms. The van der Waals surface area contributed by atoms with Crippen molar-refractivity contribution in [3.05, 3.63) is 69.8 Å². The minimum Gasteiger partial charge on any atom is -0.343 e. The van der Waals surface area contributed by atoms with Gasteiger partial charge in [-0.15, -0.1) is 0 Å². The van der Waals surface area contributed by atoms with Gasteiger partial charge in [-0.2, -0.15) is 0 Å². The molecule has 0 atom stereocenters. The van der Waals surface area contributed by atoms with Crippen molar-refractivity contribution in [3.63, 3.8) is 0 Å². The zero-order valence-corrected chi connectivity index (χ0v) is 13.0. The van der Waals surface area contributed by atoms with Gasteiger partial charge in [0.05, 0.1) is 0 Å². The number of hydrogen-bond acceptors (Lipinski definition) is 1. The Morgan fingerprint density at radius 3 is 2.38 bits per heavy atom. The van der Waals surface area contributed by atoms with Gasteiger partial charge in [-0.3, -0.25) is 0 Å². The minimum absolute atomic E-state index is 0.632. The van der Waals surface area contributed by atoms with Crippen molar-refractivity contribution in [2.24, 2.45) is 5.73 Å². The molecule has 3 aromatic rings. The molecule has 0 unspecified atom stereocenters. The number of benzene rings is 2. The summed E-state index contributed by atoms with van der Waals surface area (Å²) < 4.78 is 2.24. The molecule has 2 N–H and O–H groups in total. The van der Waals surface area contributed by atoms with E-state index in [9.17, 15) is 0 Å². The summed E-state index contributed by atoms with van der Waals surface area (Å²) in [6.45, 7) is 1.44. The summed E-state index contributed by atoms with van der Waals surface area (Å²) in [6, 6.07) is 13.9. The molecule has 0 aliphatic heterocycles. The minimum atomic E-state index is 0.632. The molecule has 1 heterocycles. The van der Waals surface area contributed by atoms with Crippen LogP contribution in [-0.4, -0.2) is 11.1 Å². The lowest BCUT2D eigenvalue weighted by atomic mass is 10.1. The number of rotatable bonds is 4. The first-order valence-electron chi connectivity index (χ1n) is 6.89. The van der Waals surface area contributed by atoms with Gasteiger partial charge in [0.25, 0.3) is 0 Å². The summed E-state index contributed by atoms with van der Waals surface area (Å²) in [4.78, 5) is 0. The lowest BCUT2D eigenvalue weighted by molar-refractivity contribution is 0.827. The standard InChI is InChI=1S/C17H16Cl2N2/c18-14-3-1-12(2-4-14)10-21-11-13(7-8-20)16-9-15(19)5-6-17(16)21/h1-6,9,11H,7-8,10,20H2. The molecule has 2 nitrogen and oxygen atoms in total. The van der Waals surface area contributed by atoms with E-state index < -0.39 is 0 Å². The van der Waals surface area contributed by atoms with Gasteiger partial charge < -0.3 is 10.3 Å². The first-order chi connectivity index (χ1) is 10.2. The van der Waals surface area contributed by atoms with Crippen LogP contribution in [0.15, 0.2) is 48.7 Å². The van der Waals surface area contributed by atoms with E-state index in [1.54, 1.807) is 0 Å².